The molecule has 1 saturated heterocycles. The van der Waals surface area contributed by atoms with Gasteiger partial charge in [-0.15, -0.1) is 11.3 Å². The molecule has 1 aromatic carbocycles. The number of amides is 2. The Kier molecular flexibility index (Phi) is 5.87. The van der Waals surface area contributed by atoms with Crippen molar-refractivity contribution in [3.8, 4) is 0 Å². The van der Waals surface area contributed by atoms with Crippen molar-refractivity contribution in [3.05, 3.63) is 57.8 Å². The van der Waals surface area contributed by atoms with Gasteiger partial charge in [-0.3, -0.25) is 9.59 Å². The van der Waals surface area contributed by atoms with E-state index in [2.05, 4.69) is 24.3 Å². The zero-order valence-corrected chi connectivity index (χ0v) is 15.1. The van der Waals surface area contributed by atoms with Gasteiger partial charge in [-0.05, 0) is 54.2 Å². The summed E-state index contributed by atoms with van der Waals surface area (Å²) in [5.41, 5.74) is 7.67. The molecular weight excluding hydrogens is 332 g/mol. The highest BCUT2D eigenvalue weighted by atomic mass is 32.1. The summed E-state index contributed by atoms with van der Waals surface area (Å²) < 4.78 is 0. The van der Waals surface area contributed by atoms with E-state index in [1.165, 1.54) is 16.9 Å². The van der Waals surface area contributed by atoms with Gasteiger partial charge < -0.3 is 10.6 Å². The van der Waals surface area contributed by atoms with Crippen LogP contribution >= 0.6 is 11.3 Å². The van der Waals surface area contributed by atoms with Crippen molar-refractivity contribution < 1.29 is 9.59 Å². The van der Waals surface area contributed by atoms with Crippen molar-refractivity contribution in [1.29, 1.82) is 0 Å². The molecule has 4 nitrogen and oxygen atoms in total. The first-order valence-corrected chi connectivity index (χ1v) is 9.68. The number of likely N-dealkylation sites (tertiary alicyclic amines) is 1. The van der Waals surface area contributed by atoms with Crippen LogP contribution in [-0.2, 0) is 17.6 Å². The molecule has 1 aliphatic rings. The molecule has 0 bridgehead atoms. The van der Waals surface area contributed by atoms with Crippen molar-refractivity contribution in [2.24, 2.45) is 11.7 Å². The van der Waals surface area contributed by atoms with Crippen LogP contribution in [0.4, 0.5) is 0 Å². The summed E-state index contributed by atoms with van der Waals surface area (Å²) in [6.45, 7) is 1.69. The number of hydrogen-bond acceptors (Lipinski definition) is 3. The second kappa shape index (κ2) is 8.30. The minimum Gasteiger partial charge on any atom is -0.370 e. The number of carbonyl (C=O) groups is 2. The van der Waals surface area contributed by atoms with E-state index in [0.29, 0.717) is 18.8 Å². The largest absolute Gasteiger partial charge is 0.370 e. The van der Waals surface area contributed by atoms with Crippen LogP contribution in [0.15, 0.2) is 41.8 Å². The molecule has 1 aromatic heterocycles. The number of carbonyl (C=O) groups excluding carboxylic acids is 2. The lowest BCUT2D eigenvalue weighted by Gasteiger charge is -2.31. The van der Waals surface area contributed by atoms with Gasteiger partial charge in [0.15, 0.2) is 0 Å². The van der Waals surface area contributed by atoms with E-state index in [4.69, 9.17) is 5.73 Å². The second-order valence-corrected chi connectivity index (χ2v) is 7.65. The van der Waals surface area contributed by atoms with Crippen molar-refractivity contribution in [2.45, 2.75) is 32.1 Å². The predicted octanol–water partition coefficient (Wildman–Crippen LogP) is 3.26. The first-order valence-electron chi connectivity index (χ1n) is 8.80. The standard InChI is InChI=1S/C20H24N2O2S/c21-19(23)8-7-15-3-5-16(6-4-15)14-17-9-11-22(12-10-17)20(24)18-2-1-13-25-18/h1-6,13,17H,7-12,14H2,(H2,21,23). The van der Waals surface area contributed by atoms with Gasteiger partial charge in [-0.1, -0.05) is 30.3 Å². The number of nitrogens with zero attached hydrogens (tertiary/aromatic N) is 1. The van der Waals surface area contributed by atoms with Crippen LogP contribution in [-0.4, -0.2) is 29.8 Å². The number of aryl methyl sites for hydroxylation is 1. The number of benzene rings is 1. The molecule has 2 heterocycles. The van der Waals surface area contributed by atoms with E-state index in [1.807, 2.05) is 22.4 Å². The van der Waals surface area contributed by atoms with Crippen molar-refractivity contribution in [2.75, 3.05) is 13.1 Å². The fraction of sp³-hybridized carbons (Fsp3) is 0.400. The van der Waals surface area contributed by atoms with Gasteiger partial charge in [-0.2, -0.15) is 0 Å². The molecule has 0 unspecified atom stereocenters. The van der Waals surface area contributed by atoms with Crippen molar-refractivity contribution in [1.82, 2.24) is 4.90 Å². The Labute approximate surface area is 152 Å². The molecule has 2 amide bonds. The monoisotopic (exact) mass is 356 g/mol. The van der Waals surface area contributed by atoms with Crippen LogP contribution in [0.1, 0.15) is 40.1 Å². The summed E-state index contributed by atoms with van der Waals surface area (Å²) in [7, 11) is 0. The topological polar surface area (TPSA) is 63.4 Å². The molecule has 2 aromatic rings. The Bertz CT molecular complexity index is 702. The molecule has 1 fully saturated rings. The summed E-state index contributed by atoms with van der Waals surface area (Å²) in [5, 5.41) is 1.95. The summed E-state index contributed by atoms with van der Waals surface area (Å²) in [4.78, 5) is 26.0. The Hall–Kier alpha value is -2.14. The molecule has 0 aliphatic carbocycles. The van der Waals surface area contributed by atoms with Crippen LogP contribution in [0.5, 0.6) is 0 Å². The molecule has 0 saturated carbocycles. The number of thiophene rings is 1. The molecule has 3 rings (SSSR count). The summed E-state index contributed by atoms with van der Waals surface area (Å²) >= 11 is 1.51. The zero-order valence-electron chi connectivity index (χ0n) is 14.3. The van der Waals surface area contributed by atoms with Gasteiger partial charge in [0.1, 0.15) is 0 Å². The van der Waals surface area contributed by atoms with E-state index < -0.39 is 0 Å². The van der Waals surface area contributed by atoms with Crippen LogP contribution < -0.4 is 5.73 Å². The highest BCUT2D eigenvalue weighted by Crippen LogP contribution is 2.24. The third kappa shape index (κ3) is 4.92. The molecule has 0 atom stereocenters. The smallest absolute Gasteiger partial charge is 0.263 e. The Morgan fingerprint density at radius 2 is 1.76 bits per heavy atom. The van der Waals surface area contributed by atoms with Gasteiger partial charge >= 0.3 is 0 Å². The fourth-order valence-corrected chi connectivity index (χ4v) is 4.03. The molecule has 0 spiro atoms. The van der Waals surface area contributed by atoms with E-state index in [1.54, 1.807) is 0 Å². The van der Waals surface area contributed by atoms with E-state index >= 15 is 0 Å². The van der Waals surface area contributed by atoms with Crippen LogP contribution in [0.25, 0.3) is 0 Å². The maximum atomic E-state index is 12.4. The van der Waals surface area contributed by atoms with Gasteiger partial charge in [0.25, 0.3) is 5.91 Å². The van der Waals surface area contributed by atoms with Gasteiger partial charge in [0.2, 0.25) is 5.91 Å². The van der Waals surface area contributed by atoms with E-state index in [0.717, 1.165) is 42.8 Å². The lowest BCUT2D eigenvalue weighted by molar-refractivity contribution is -0.117. The second-order valence-electron chi connectivity index (χ2n) is 6.70. The minimum absolute atomic E-state index is 0.173. The first-order chi connectivity index (χ1) is 12.1. The molecular formula is C20H24N2O2S. The van der Waals surface area contributed by atoms with Gasteiger partial charge in [0, 0.05) is 19.5 Å². The van der Waals surface area contributed by atoms with E-state index in [-0.39, 0.29) is 11.8 Å². The number of nitrogens with two attached hydrogens (primary N) is 1. The molecule has 2 N–H and O–H groups in total. The maximum absolute atomic E-state index is 12.4. The third-order valence-corrected chi connectivity index (χ3v) is 5.70. The summed E-state index contributed by atoms with van der Waals surface area (Å²) in [6.07, 6.45) is 4.27. The molecule has 0 radical (unpaired) electrons. The van der Waals surface area contributed by atoms with Crippen LogP contribution in [0.3, 0.4) is 0 Å². The third-order valence-electron chi connectivity index (χ3n) is 4.84. The van der Waals surface area contributed by atoms with Crippen LogP contribution in [0.2, 0.25) is 0 Å². The average molecular weight is 356 g/mol. The lowest BCUT2D eigenvalue weighted by atomic mass is 9.89. The first kappa shape index (κ1) is 17.7. The van der Waals surface area contributed by atoms with Crippen molar-refractivity contribution >= 4 is 23.2 Å². The van der Waals surface area contributed by atoms with Gasteiger partial charge in [-0.25, -0.2) is 0 Å². The van der Waals surface area contributed by atoms with Gasteiger partial charge in [0.05, 0.1) is 4.88 Å². The number of primary amides is 1. The zero-order chi connectivity index (χ0) is 17.6. The Morgan fingerprint density at radius 3 is 2.36 bits per heavy atom. The molecule has 1 aliphatic heterocycles. The lowest BCUT2D eigenvalue weighted by Crippen LogP contribution is -2.38. The van der Waals surface area contributed by atoms with Crippen LogP contribution in [0, 0.1) is 5.92 Å². The number of hydrogen-bond donors (Lipinski definition) is 1. The predicted molar refractivity (Wildman–Crippen MR) is 101 cm³/mol. The SMILES string of the molecule is NC(=O)CCc1ccc(CC2CCN(C(=O)c3cccs3)CC2)cc1. The Morgan fingerprint density at radius 1 is 1.08 bits per heavy atom. The summed E-state index contributed by atoms with van der Waals surface area (Å²) in [6, 6.07) is 12.3. The van der Waals surface area contributed by atoms with Crippen molar-refractivity contribution in [3.63, 3.8) is 0 Å². The average Bonchev–Trinajstić information content (AvgIpc) is 3.16. The molecule has 5 heteroatoms. The quantitative estimate of drug-likeness (QED) is 0.863. The number of piperidine rings is 1. The highest BCUT2D eigenvalue weighted by Gasteiger charge is 2.24. The molecule has 25 heavy (non-hydrogen) atoms. The normalized spacial score (nSPS) is 15.3. The maximum Gasteiger partial charge on any atom is 0.263 e. The minimum atomic E-state index is -0.257. The number of rotatable bonds is 6. The highest BCUT2D eigenvalue weighted by molar-refractivity contribution is 7.12. The summed E-state index contributed by atoms with van der Waals surface area (Å²) in [5.74, 6) is 0.545. The fourth-order valence-electron chi connectivity index (χ4n) is 3.34. The molecule has 132 valence electrons. The van der Waals surface area contributed by atoms with E-state index in [9.17, 15) is 9.59 Å². The Balaban J connectivity index is 1.47.